The van der Waals surface area contributed by atoms with Crippen molar-refractivity contribution in [3.63, 3.8) is 0 Å². The largest absolute Gasteiger partial charge is 0.497 e. The van der Waals surface area contributed by atoms with Crippen molar-refractivity contribution in [3.05, 3.63) is 72.8 Å². The van der Waals surface area contributed by atoms with Gasteiger partial charge in [0, 0.05) is 30.0 Å². The molecule has 13 heteroatoms. The van der Waals surface area contributed by atoms with E-state index >= 15 is 0 Å². The zero-order chi connectivity index (χ0) is 37.2. The van der Waals surface area contributed by atoms with Crippen molar-refractivity contribution >= 4 is 30.0 Å². The third-order valence-electron chi connectivity index (χ3n) is 10.1. The third kappa shape index (κ3) is 7.44. The van der Waals surface area contributed by atoms with Crippen LogP contribution >= 0.6 is 0 Å². The molecular weight excluding hydrogens is 664 g/mol. The van der Waals surface area contributed by atoms with Crippen LogP contribution in [-0.2, 0) is 19.1 Å². The molecule has 1 saturated heterocycles. The summed E-state index contributed by atoms with van der Waals surface area (Å²) in [7, 11) is 1.60. The van der Waals surface area contributed by atoms with E-state index in [0.29, 0.717) is 23.6 Å². The molecule has 2 aromatic carbocycles. The van der Waals surface area contributed by atoms with Gasteiger partial charge in [-0.15, -0.1) is 6.58 Å². The molecule has 0 unspecified atom stereocenters. The molecule has 2 fully saturated rings. The Morgan fingerprint density at radius 2 is 1.83 bits per heavy atom. The molecule has 1 saturated carbocycles. The highest BCUT2D eigenvalue weighted by Gasteiger charge is 2.61. The second kappa shape index (κ2) is 14.6. The zero-order valence-electron chi connectivity index (χ0n) is 30.0. The lowest BCUT2D eigenvalue weighted by Crippen LogP contribution is -2.59. The van der Waals surface area contributed by atoms with Crippen molar-refractivity contribution in [2.75, 3.05) is 20.3 Å². The molecule has 1 aromatic heterocycles. The van der Waals surface area contributed by atoms with Crippen LogP contribution in [0.3, 0.4) is 0 Å². The predicted molar refractivity (Wildman–Crippen MR) is 194 cm³/mol. The van der Waals surface area contributed by atoms with Crippen LogP contribution in [0.1, 0.15) is 64.5 Å². The Hall–Kier alpha value is -5.46. The van der Waals surface area contributed by atoms with Crippen LogP contribution in [0.4, 0.5) is 4.79 Å². The van der Waals surface area contributed by atoms with Gasteiger partial charge >= 0.3 is 12.1 Å². The van der Waals surface area contributed by atoms with Gasteiger partial charge in [0.05, 0.1) is 19.8 Å². The van der Waals surface area contributed by atoms with Crippen LogP contribution < -0.4 is 15.4 Å². The topological polar surface area (TPSA) is 165 Å². The zero-order valence-corrected chi connectivity index (χ0v) is 30.0. The van der Waals surface area contributed by atoms with Crippen LogP contribution in [0.25, 0.3) is 28.6 Å². The van der Waals surface area contributed by atoms with E-state index in [1.54, 1.807) is 11.9 Å². The number of aromatic nitrogens is 3. The van der Waals surface area contributed by atoms with Crippen molar-refractivity contribution in [1.82, 2.24) is 30.5 Å². The van der Waals surface area contributed by atoms with Crippen LogP contribution in [-0.4, -0.2) is 86.8 Å². The second-order valence-corrected chi connectivity index (χ2v) is 14.8. The van der Waals surface area contributed by atoms with E-state index in [1.165, 1.54) is 11.0 Å². The van der Waals surface area contributed by atoms with E-state index < -0.39 is 58.9 Å². The van der Waals surface area contributed by atoms with Gasteiger partial charge in [-0.2, -0.15) is 15.0 Å². The monoisotopic (exact) mass is 710 g/mol. The van der Waals surface area contributed by atoms with Gasteiger partial charge in [0.15, 0.2) is 0 Å². The first-order valence-electron chi connectivity index (χ1n) is 17.6. The highest BCUT2D eigenvalue weighted by atomic mass is 16.5. The predicted octanol–water partition coefficient (Wildman–Crippen LogP) is 5.25. The van der Waals surface area contributed by atoms with Gasteiger partial charge in [0.1, 0.15) is 34.8 Å². The summed E-state index contributed by atoms with van der Waals surface area (Å²) >= 11 is 0. The van der Waals surface area contributed by atoms with Gasteiger partial charge < -0.3 is 30.1 Å². The number of aliphatic carboxylic acids is 1. The van der Waals surface area contributed by atoms with Crippen molar-refractivity contribution in [2.24, 2.45) is 11.3 Å². The average Bonchev–Trinajstić information content (AvgIpc) is 3.42. The van der Waals surface area contributed by atoms with Gasteiger partial charge in [0.25, 0.3) is 0 Å². The van der Waals surface area contributed by atoms with Gasteiger partial charge in [-0.3, -0.25) is 9.59 Å². The number of carboxylic acids is 1. The number of hydrogen-bond acceptors (Lipinski definition) is 8. The van der Waals surface area contributed by atoms with Crippen molar-refractivity contribution in [1.29, 1.82) is 0 Å². The summed E-state index contributed by atoms with van der Waals surface area (Å²) in [6, 6.07) is 12.8. The minimum absolute atomic E-state index is 0.0319. The first kappa shape index (κ1) is 36.3. The molecule has 3 N–H and O–H groups in total. The Morgan fingerprint density at radius 1 is 1.10 bits per heavy atom. The minimum Gasteiger partial charge on any atom is -0.497 e. The fraction of sp³-hybridized carbons (Fsp3) is 0.436. The number of alkyl carbamates (subject to hydrolysis) is 1. The van der Waals surface area contributed by atoms with Gasteiger partial charge in [0.2, 0.25) is 11.8 Å². The molecule has 2 aliphatic heterocycles. The number of hydrogen-bond donors (Lipinski definition) is 3. The number of carbonyl (C=O) groups is 4. The molecule has 6 rings (SSSR count). The lowest BCUT2D eigenvalue weighted by Gasteiger charge is -2.35. The third-order valence-corrected chi connectivity index (χ3v) is 10.1. The highest BCUT2D eigenvalue weighted by molar-refractivity contribution is 5.96. The minimum atomic E-state index is -1.50. The average molecular weight is 711 g/mol. The number of benzene rings is 2. The summed E-state index contributed by atoms with van der Waals surface area (Å²) in [4.78, 5) is 56.9. The summed E-state index contributed by atoms with van der Waals surface area (Å²) in [5.41, 5.74) is 1.57. The molecule has 3 amide bonds. The summed E-state index contributed by atoms with van der Waals surface area (Å²) in [5.74, 6) is -2.04. The number of amides is 3. The normalized spacial score (nSPS) is 25.7. The summed E-state index contributed by atoms with van der Waals surface area (Å²) in [5, 5.41) is 25.5. The van der Waals surface area contributed by atoms with Gasteiger partial charge in [-0.05, 0) is 67.0 Å². The van der Waals surface area contributed by atoms with Crippen LogP contribution in [0.15, 0.2) is 67.3 Å². The summed E-state index contributed by atoms with van der Waals surface area (Å²) in [6.07, 6.45) is 7.42. The van der Waals surface area contributed by atoms with Gasteiger partial charge in [-0.1, -0.05) is 57.2 Å². The van der Waals surface area contributed by atoms with E-state index in [4.69, 9.17) is 19.7 Å². The number of carboxylic acid groups (broad SMARTS) is 1. The number of cyclic esters (lactones) is 1. The number of nitrogens with one attached hydrogen (secondary N) is 2. The van der Waals surface area contributed by atoms with Crippen LogP contribution in [0.5, 0.6) is 5.75 Å². The van der Waals surface area contributed by atoms with E-state index in [9.17, 15) is 24.3 Å². The highest BCUT2D eigenvalue weighted by Crippen LogP contribution is 2.45. The van der Waals surface area contributed by atoms with Crippen molar-refractivity contribution in [3.8, 4) is 28.3 Å². The molecule has 13 nitrogen and oxygen atoms in total. The Balaban J connectivity index is 1.44. The van der Waals surface area contributed by atoms with E-state index in [1.807, 2.05) is 75.4 Å². The number of nitrogens with zero attached hydrogens (tertiary/aromatic N) is 4. The molecular formula is C39H46N6O7. The van der Waals surface area contributed by atoms with Crippen LogP contribution in [0.2, 0.25) is 0 Å². The number of ether oxygens (including phenoxy) is 2. The molecule has 3 aromatic rings. The van der Waals surface area contributed by atoms with Gasteiger partial charge in [-0.25, -0.2) is 9.59 Å². The number of methoxy groups -OCH3 is 1. The second-order valence-electron chi connectivity index (χ2n) is 14.8. The maximum absolute atomic E-state index is 14.5. The van der Waals surface area contributed by atoms with Crippen molar-refractivity contribution in [2.45, 2.75) is 76.5 Å². The maximum Gasteiger partial charge on any atom is 0.407 e. The fourth-order valence-electron chi connectivity index (χ4n) is 6.93. The lowest BCUT2D eigenvalue weighted by molar-refractivity contribution is -0.146. The Bertz CT molecular complexity index is 1880. The maximum atomic E-state index is 14.5. The number of carbonyl (C=O) groups excluding carboxylic acids is 3. The molecule has 274 valence electrons. The molecule has 0 spiro atoms. The van der Waals surface area contributed by atoms with E-state index in [-0.39, 0.29) is 26.0 Å². The fourth-order valence-corrected chi connectivity index (χ4v) is 6.93. The SMILES string of the molecule is C=C[C@@H]1C[C@]1(NC(=O)[C@@H]1C[C@@H]2CN1C(=O)[C@@H](C(C)(C)C)NC(=O)OCCCC/C=C\c1cccc(c1)-c1nn2nc1-c1ccc(OC)cc1)C(=O)O. The Morgan fingerprint density at radius 3 is 2.48 bits per heavy atom. The summed E-state index contributed by atoms with van der Waals surface area (Å²) in [6.45, 7) is 9.39. The molecule has 0 radical (unpaired) electrons. The van der Waals surface area contributed by atoms with E-state index in [2.05, 4.69) is 23.3 Å². The Labute approximate surface area is 303 Å². The first-order valence-corrected chi connectivity index (χ1v) is 17.6. The molecule has 6 bridgehead atoms. The quantitative estimate of drug-likeness (QED) is 0.290. The Kier molecular flexibility index (Phi) is 10.2. The van der Waals surface area contributed by atoms with Crippen LogP contribution in [0, 0.1) is 11.3 Å². The molecule has 1 aliphatic carbocycles. The number of rotatable bonds is 6. The molecule has 3 heterocycles. The smallest absolute Gasteiger partial charge is 0.407 e. The molecule has 52 heavy (non-hydrogen) atoms. The first-order chi connectivity index (χ1) is 24.8. The van der Waals surface area contributed by atoms with Crippen molar-refractivity contribution < 1.29 is 33.8 Å². The molecule has 3 aliphatic rings. The number of fused-ring (bicyclic) bond motifs is 8. The van der Waals surface area contributed by atoms with E-state index in [0.717, 1.165) is 29.5 Å². The lowest BCUT2D eigenvalue weighted by atomic mass is 9.85. The standard InChI is InChI=1S/C39H46N6O7/c1-6-27-22-39(27,36(48)49)41-34(46)30-21-28-23-44(30)35(47)33(38(2,3)4)40-37(50)52-19-10-8-7-9-12-24-13-11-14-26(20-24)32-31(42-45(28)43-32)25-15-17-29(51-5)18-16-25/h6,9,11-18,20,27-28,30,33H,1,7-8,10,19,21-23H2,2-5H3,(H,40,50)(H,41,46)(H,48,49)/b12-9-/t27-,28-,30+,33+,39-/m1/s1. The number of allylic oxidation sites excluding steroid dienone is 1. The summed E-state index contributed by atoms with van der Waals surface area (Å²) < 4.78 is 10.9. The molecule has 5 atom stereocenters.